The first-order valence-corrected chi connectivity index (χ1v) is 23.4. The predicted molar refractivity (Wildman–Crippen MR) is 238 cm³/mol. The van der Waals surface area contributed by atoms with Gasteiger partial charge in [-0.2, -0.15) is 0 Å². The van der Waals surface area contributed by atoms with Gasteiger partial charge in [0.15, 0.2) is 0 Å². The van der Waals surface area contributed by atoms with E-state index in [1.807, 2.05) is 18.2 Å². The van der Waals surface area contributed by atoms with Gasteiger partial charge in [0.05, 0.1) is 24.9 Å². The Morgan fingerprint density at radius 1 is 0.750 bits per heavy atom. The molecule has 0 N–H and O–H groups in total. The fraction of sp³-hybridized carbons (Fsp3) is 0.160. The van der Waals surface area contributed by atoms with Crippen molar-refractivity contribution in [2.45, 2.75) is 46.8 Å². The molecule has 3 nitrogen and oxygen atoms in total. The molecule has 0 aliphatic carbocycles. The summed E-state index contributed by atoms with van der Waals surface area (Å²) in [4.78, 5) is 9.81. The molecule has 0 fully saturated rings. The van der Waals surface area contributed by atoms with Gasteiger partial charge in [-0.05, 0) is 81.9 Å². The summed E-state index contributed by atoms with van der Waals surface area (Å²) in [6, 6.07) is 52.3. The van der Waals surface area contributed by atoms with E-state index in [1.54, 1.807) is 11.3 Å². The summed E-state index contributed by atoms with van der Waals surface area (Å²) in [5.41, 5.74) is 11.5. The molecule has 281 valence electrons. The molecule has 6 aromatic carbocycles. The van der Waals surface area contributed by atoms with Crippen molar-refractivity contribution < 1.29 is 20.1 Å². The zero-order valence-corrected chi connectivity index (χ0v) is 36.9. The van der Waals surface area contributed by atoms with Gasteiger partial charge in [-0.25, -0.2) is 0 Å². The minimum atomic E-state index is -1.34. The van der Waals surface area contributed by atoms with Crippen LogP contribution in [0.15, 0.2) is 146 Å². The van der Waals surface area contributed by atoms with E-state index >= 15 is 0 Å². The van der Waals surface area contributed by atoms with Crippen molar-refractivity contribution in [3.63, 3.8) is 0 Å². The van der Waals surface area contributed by atoms with Crippen LogP contribution in [0.3, 0.4) is 0 Å². The van der Waals surface area contributed by atoms with Crippen molar-refractivity contribution in [2.75, 3.05) is 0 Å². The van der Waals surface area contributed by atoms with Gasteiger partial charge in [0.2, 0.25) is 0 Å². The number of aromatic nitrogens is 3. The molecule has 9 aromatic rings. The average molecular weight is 940 g/mol. The maximum atomic E-state index is 5.12. The second-order valence-corrected chi connectivity index (χ2v) is 21.6. The number of aryl methyl sites for hydroxylation is 1. The largest absolute Gasteiger partial charge is 0.333 e. The molecule has 1 radical (unpaired) electrons. The minimum Gasteiger partial charge on any atom is -0.333 e. The summed E-state index contributed by atoms with van der Waals surface area (Å²) in [6.07, 6.45) is 3.24. The van der Waals surface area contributed by atoms with Gasteiger partial charge in [0.1, 0.15) is 0 Å². The first-order valence-electron chi connectivity index (χ1n) is 19.1. The first kappa shape index (κ1) is 39.3. The summed E-state index contributed by atoms with van der Waals surface area (Å²) >= 11 is 1.66. The molecule has 0 saturated carbocycles. The number of fused-ring (bicyclic) bond motifs is 3. The van der Waals surface area contributed by atoms with E-state index in [0.29, 0.717) is 5.92 Å². The van der Waals surface area contributed by atoms with Gasteiger partial charge in [-0.1, -0.05) is 146 Å². The van der Waals surface area contributed by atoms with Crippen LogP contribution in [0.4, 0.5) is 0 Å². The van der Waals surface area contributed by atoms with Crippen molar-refractivity contribution in [1.82, 2.24) is 14.5 Å². The topological polar surface area (TPSA) is 30.7 Å². The van der Waals surface area contributed by atoms with Crippen LogP contribution in [0.2, 0.25) is 19.6 Å². The van der Waals surface area contributed by atoms with Gasteiger partial charge in [-0.15, -0.1) is 41.3 Å². The number of para-hydroxylation sites is 2. The molecule has 0 bridgehead atoms. The van der Waals surface area contributed by atoms with Crippen molar-refractivity contribution in [3.05, 3.63) is 168 Å². The summed E-state index contributed by atoms with van der Waals surface area (Å²) in [6.45, 7) is 13.9. The fourth-order valence-electron chi connectivity index (χ4n) is 7.46. The molecule has 3 aromatic heterocycles. The van der Waals surface area contributed by atoms with Crippen LogP contribution in [0.1, 0.15) is 25.0 Å². The number of rotatable bonds is 7. The summed E-state index contributed by atoms with van der Waals surface area (Å²) in [5.74, 6) is 1.60. The van der Waals surface area contributed by atoms with Crippen LogP contribution in [-0.2, 0) is 26.5 Å². The maximum absolute atomic E-state index is 5.12. The van der Waals surface area contributed by atoms with Crippen molar-refractivity contribution in [1.29, 1.82) is 0 Å². The number of benzene rings is 6. The Morgan fingerprint density at radius 2 is 1.46 bits per heavy atom. The molecule has 6 heteroatoms. The Labute approximate surface area is 349 Å². The maximum Gasteiger partial charge on any atom is 0.0798 e. The normalized spacial score (nSPS) is 11.5. The van der Waals surface area contributed by atoms with Gasteiger partial charge in [0.25, 0.3) is 0 Å². The molecule has 0 aliphatic heterocycles. The number of hydrogen-bond donors (Lipinski definition) is 0. The molecular weight excluding hydrogens is 895 g/mol. The number of hydrogen-bond acceptors (Lipinski definition) is 3. The minimum absolute atomic E-state index is 0. The van der Waals surface area contributed by atoms with Gasteiger partial charge >= 0.3 is 0 Å². The third-order valence-corrected chi connectivity index (χ3v) is 13.1. The SMILES string of the molecule is CC(C)Cc1cc(-c2[c-]cccc2)ncc1[Si](C)(C)C.Cc1cc(-c2ccccc2)ccc1-n1c(-c2[c-]sc3cc4ccccc4cc23)nc2ccccc21.[Ir]. The average Bonchev–Trinajstić information content (AvgIpc) is 3.78. The number of thiophene rings is 1. The molecule has 56 heavy (non-hydrogen) atoms. The molecular formula is C50H45IrN3SSi-2. The molecule has 3 heterocycles. The Bertz CT molecular complexity index is 2760. The predicted octanol–water partition coefficient (Wildman–Crippen LogP) is 13.1. The standard InChI is InChI=1S/C32H21N2S.C18H24NSi.Ir/c1-21-17-25(22-9-3-2-4-10-22)15-16-29(21)34-30-14-8-7-13-28(30)33-32(34)27-20-35-31-19-24-12-6-5-11-23(24)18-26(27)31;1-14(2)11-16-12-17(15-9-7-6-8-10-15)19-13-18(16)20(3,4)5;/h2-19H,1H3;6-9,12-14H,11H2,1-5H3;/q2*-1;. The molecule has 0 unspecified atom stereocenters. The van der Waals surface area contributed by atoms with E-state index in [-0.39, 0.29) is 20.1 Å². The molecule has 0 saturated heterocycles. The molecule has 9 rings (SSSR count). The Kier molecular flexibility index (Phi) is 11.7. The van der Waals surface area contributed by atoms with Gasteiger partial charge < -0.3 is 9.55 Å². The smallest absolute Gasteiger partial charge is 0.0798 e. The van der Waals surface area contributed by atoms with Crippen molar-refractivity contribution >= 4 is 56.5 Å². The molecule has 0 aliphatic rings. The first-order chi connectivity index (χ1) is 26.6. The Balaban J connectivity index is 0.000000197. The van der Waals surface area contributed by atoms with Crippen molar-refractivity contribution in [2.24, 2.45) is 5.92 Å². The van der Waals surface area contributed by atoms with Gasteiger partial charge in [0, 0.05) is 32.0 Å². The van der Waals surface area contributed by atoms with Crippen LogP contribution in [0.25, 0.3) is 71.4 Å². The second-order valence-electron chi connectivity index (χ2n) is 15.8. The van der Waals surface area contributed by atoms with E-state index in [2.05, 4.69) is 189 Å². The van der Waals surface area contributed by atoms with E-state index < -0.39 is 8.07 Å². The summed E-state index contributed by atoms with van der Waals surface area (Å²) < 4.78 is 3.53. The van der Waals surface area contributed by atoms with Crippen LogP contribution >= 0.6 is 11.3 Å². The van der Waals surface area contributed by atoms with Crippen molar-refractivity contribution in [3.8, 4) is 39.5 Å². The van der Waals surface area contributed by atoms with Gasteiger partial charge in [-0.3, -0.25) is 16.3 Å². The second kappa shape index (κ2) is 16.6. The van der Waals surface area contributed by atoms with E-state index in [0.717, 1.165) is 45.8 Å². The third-order valence-electron chi connectivity index (χ3n) is 10.1. The Morgan fingerprint density at radius 3 is 2.18 bits per heavy atom. The van der Waals surface area contributed by atoms with Crippen LogP contribution in [-0.4, -0.2) is 22.6 Å². The fourth-order valence-corrected chi connectivity index (χ4v) is 9.92. The summed E-state index contributed by atoms with van der Waals surface area (Å²) in [5, 5.41) is 8.77. The molecule has 0 atom stereocenters. The molecule has 0 spiro atoms. The Hall–Kier alpha value is -4.97. The van der Waals surface area contributed by atoms with Crippen LogP contribution < -0.4 is 5.19 Å². The monoisotopic (exact) mass is 940 g/mol. The third kappa shape index (κ3) is 8.12. The van der Waals surface area contributed by atoms with E-state index in [9.17, 15) is 0 Å². The zero-order valence-electron chi connectivity index (χ0n) is 32.7. The quantitative estimate of drug-likeness (QED) is 0.118. The summed E-state index contributed by atoms with van der Waals surface area (Å²) in [7, 11) is -1.34. The number of nitrogens with zero attached hydrogens (tertiary/aromatic N) is 3. The number of pyridine rings is 1. The van der Waals surface area contributed by atoms with Crippen LogP contribution in [0.5, 0.6) is 0 Å². The van der Waals surface area contributed by atoms with Crippen LogP contribution in [0, 0.1) is 24.3 Å². The zero-order chi connectivity index (χ0) is 38.1. The molecule has 0 amide bonds. The van der Waals surface area contributed by atoms with E-state index in [1.165, 1.54) is 48.3 Å². The number of imidazole rings is 1. The van der Waals surface area contributed by atoms with E-state index in [4.69, 9.17) is 4.98 Å².